The van der Waals surface area contributed by atoms with Gasteiger partial charge in [-0.05, 0) is 80.0 Å². The summed E-state index contributed by atoms with van der Waals surface area (Å²) in [7, 11) is 0. The highest BCUT2D eigenvalue weighted by Gasteiger charge is 2.26. The normalized spacial score (nSPS) is 21.7. The van der Waals surface area contributed by atoms with E-state index in [0.717, 1.165) is 50.3 Å². The van der Waals surface area contributed by atoms with E-state index in [0.29, 0.717) is 25.2 Å². The molecule has 27 heavy (non-hydrogen) atoms. The molecule has 2 saturated heterocycles. The lowest BCUT2D eigenvalue weighted by Gasteiger charge is -2.31. The highest BCUT2D eigenvalue weighted by Crippen LogP contribution is 2.27. The molecule has 7 nitrogen and oxygen atoms in total. The third-order valence-electron chi connectivity index (χ3n) is 5.22. The van der Waals surface area contributed by atoms with E-state index < -0.39 is 0 Å². The minimum absolute atomic E-state index is 0.209. The van der Waals surface area contributed by atoms with Crippen LogP contribution in [-0.2, 0) is 14.4 Å². The van der Waals surface area contributed by atoms with Crippen molar-refractivity contribution in [1.29, 1.82) is 0 Å². The van der Waals surface area contributed by atoms with Crippen molar-refractivity contribution in [3.8, 4) is 0 Å². The van der Waals surface area contributed by atoms with E-state index >= 15 is 0 Å². The van der Waals surface area contributed by atoms with Crippen molar-refractivity contribution in [1.82, 2.24) is 15.2 Å². The molecule has 1 aromatic heterocycles. The molecule has 146 valence electrons. The summed E-state index contributed by atoms with van der Waals surface area (Å²) in [4.78, 5) is 41.1. The molecule has 0 bridgehead atoms. The van der Waals surface area contributed by atoms with E-state index in [1.165, 1.54) is 0 Å². The summed E-state index contributed by atoms with van der Waals surface area (Å²) >= 11 is 1.86. The number of amides is 2. The maximum absolute atomic E-state index is 11.8. The van der Waals surface area contributed by atoms with Gasteiger partial charge in [0.25, 0.3) is 0 Å². The Kier molecular flexibility index (Phi) is 7.17. The number of rotatable bonds is 7. The van der Waals surface area contributed by atoms with Crippen LogP contribution in [0.5, 0.6) is 0 Å². The molecule has 0 saturated carbocycles. The molecule has 0 aromatic carbocycles. The van der Waals surface area contributed by atoms with Gasteiger partial charge in [0.2, 0.25) is 11.8 Å². The van der Waals surface area contributed by atoms with Crippen LogP contribution in [0.1, 0.15) is 50.1 Å². The molecule has 2 aliphatic rings. The quantitative estimate of drug-likeness (QED) is 0.351. The lowest BCUT2D eigenvalue weighted by molar-refractivity contribution is -0.133. The number of piperidine rings is 2. The van der Waals surface area contributed by atoms with Crippen LogP contribution >= 0.6 is 22.6 Å². The SMILES string of the molecule is O=C(I)CCCN1CCC(c2ccc(NC3CCC(=O)NC3=O)cn2)CC1. The van der Waals surface area contributed by atoms with E-state index in [-0.39, 0.29) is 21.6 Å². The fraction of sp³-hybridized carbons (Fsp3) is 0.579. The standard InChI is InChI=1S/C19H25IN4O3/c20-17(25)2-1-9-24-10-7-13(8-11-24)15-4-3-14(12-21-15)22-16-5-6-18(26)23-19(16)27/h3-4,12-13,16,22H,1-2,5-11H2,(H,23,26,27). The molecular weight excluding hydrogens is 459 g/mol. The van der Waals surface area contributed by atoms with Gasteiger partial charge in [0.1, 0.15) is 6.04 Å². The molecule has 2 N–H and O–H groups in total. The van der Waals surface area contributed by atoms with Crippen LogP contribution < -0.4 is 10.6 Å². The van der Waals surface area contributed by atoms with Gasteiger partial charge in [-0.3, -0.25) is 24.7 Å². The highest BCUT2D eigenvalue weighted by molar-refractivity contribution is 14.1. The number of nitrogens with zero attached hydrogens (tertiary/aromatic N) is 2. The first-order valence-electron chi connectivity index (χ1n) is 9.48. The van der Waals surface area contributed by atoms with Gasteiger partial charge in [0.05, 0.1) is 11.9 Å². The van der Waals surface area contributed by atoms with Gasteiger partial charge in [-0.25, -0.2) is 0 Å². The minimum atomic E-state index is -0.381. The monoisotopic (exact) mass is 484 g/mol. The molecule has 2 fully saturated rings. The second-order valence-electron chi connectivity index (χ2n) is 7.19. The first kappa shape index (κ1) is 20.2. The number of hydrogen-bond acceptors (Lipinski definition) is 6. The predicted molar refractivity (Wildman–Crippen MR) is 111 cm³/mol. The van der Waals surface area contributed by atoms with Crippen molar-refractivity contribution >= 4 is 43.9 Å². The maximum Gasteiger partial charge on any atom is 0.249 e. The van der Waals surface area contributed by atoms with E-state index in [4.69, 9.17) is 0 Å². The van der Waals surface area contributed by atoms with Crippen LogP contribution in [0.15, 0.2) is 18.3 Å². The molecule has 1 aromatic rings. The number of hydrogen-bond donors (Lipinski definition) is 2. The molecule has 3 rings (SSSR count). The van der Waals surface area contributed by atoms with Gasteiger partial charge < -0.3 is 10.2 Å². The molecule has 8 heteroatoms. The Balaban J connectivity index is 1.46. The van der Waals surface area contributed by atoms with Crippen LogP contribution in [-0.4, -0.2) is 51.2 Å². The van der Waals surface area contributed by atoms with E-state index in [9.17, 15) is 14.4 Å². The number of pyridine rings is 1. The molecule has 0 aliphatic carbocycles. The van der Waals surface area contributed by atoms with Gasteiger partial charge in [-0.1, -0.05) is 0 Å². The third-order valence-corrected chi connectivity index (χ3v) is 5.76. The Morgan fingerprint density at radius 2 is 2.04 bits per heavy atom. The lowest BCUT2D eigenvalue weighted by atomic mass is 9.93. The van der Waals surface area contributed by atoms with Gasteiger partial charge in [-0.2, -0.15) is 0 Å². The molecule has 0 spiro atoms. The highest BCUT2D eigenvalue weighted by atomic mass is 127. The van der Waals surface area contributed by atoms with Gasteiger partial charge in [0, 0.05) is 24.5 Å². The van der Waals surface area contributed by atoms with Gasteiger partial charge in [0.15, 0.2) is 3.79 Å². The van der Waals surface area contributed by atoms with E-state index in [1.807, 2.05) is 34.7 Å². The Morgan fingerprint density at radius 3 is 2.67 bits per heavy atom. The number of aromatic nitrogens is 1. The van der Waals surface area contributed by atoms with Crippen molar-refractivity contribution < 1.29 is 14.4 Å². The number of likely N-dealkylation sites (tertiary alicyclic amines) is 1. The summed E-state index contributed by atoms with van der Waals surface area (Å²) in [5, 5.41) is 5.51. The molecule has 0 radical (unpaired) electrons. The smallest absolute Gasteiger partial charge is 0.249 e. The maximum atomic E-state index is 11.8. The molecule has 1 unspecified atom stereocenters. The third kappa shape index (κ3) is 5.97. The molecule has 2 amide bonds. The van der Waals surface area contributed by atoms with Crippen molar-refractivity contribution in [2.45, 2.75) is 50.5 Å². The van der Waals surface area contributed by atoms with Gasteiger partial charge >= 0.3 is 0 Å². The Hall–Kier alpha value is -1.55. The summed E-state index contributed by atoms with van der Waals surface area (Å²) in [6.07, 6.45) is 6.39. The van der Waals surface area contributed by atoms with Crippen molar-refractivity contribution in [2.75, 3.05) is 25.0 Å². The fourth-order valence-corrected chi connectivity index (χ4v) is 4.04. The zero-order chi connectivity index (χ0) is 19.2. The summed E-state index contributed by atoms with van der Waals surface area (Å²) in [6.45, 7) is 3.07. The number of anilines is 1. The largest absolute Gasteiger partial charge is 0.372 e. The van der Waals surface area contributed by atoms with E-state index in [2.05, 4.69) is 20.5 Å². The van der Waals surface area contributed by atoms with E-state index in [1.54, 1.807) is 6.20 Å². The minimum Gasteiger partial charge on any atom is -0.372 e. The number of carbonyl (C=O) groups excluding carboxylic acids is 3. The number of imide groups is 1. The molecular formula is C19H25IN4O3. The molecule has 2 aliphatic heterocycles. The van der Waals surface area contributed by atoms with Crippen LogP contribution in [0.2, 0.25) is 0 Å². The average Bonchev–Trinajstić information content (AvgIpc) is 2.65. The van der Waals surface area contributed by atoms with Crippen molar-refractivity contribution in [3.05, 3.63) is 24.0 Å². The number of halogens is 1. The fourth-order valence-electron chi connectivity index (χ4n) is 3.66. The lowest BCUT2D eigenvalue weighted by Crippen LogP contribution is -2.47. The zero-order valence-corrected chi connectivity index (χ0v) is 17.4. The topological polar surface area (TPSA) is 91.4 Å². The Bertz CT molecular complexity index is 687. The number of nitrogens with one attached hydrogen (secondary N) is 2. The van der Waals surface area contributed by atoms with Crippen molar-refractivity contribution in [2.24, 2.45) is 0 Å². The van der Waals surface area contributed by atoms with Crippen LogP contribution in [0, 0.1) is 0 Å². The van der Waals surface area contributed by atoms with Crippen molar-refractivity contribution in [3.63, 3.8) is 0 Å². The predicted octanol–water partition coefficient (Wildman–Crippen LogP) is 2.22. The Labute approximate surface area is 172 Å². The van der Waals surface area contributed by atoms with Gasteiger partial charge in [-0.15, -0.1) is 0 Å². The second-order valence-corrected chi connectivity index (χ2v) is 8.40. The summed E-state index contributed by atoms with van der Waals surface area (Å²) in [5.41, 5.74) is 1.89. The zero-order valence-electron chi connectivity index (χ0n) is 15.2. The summed E-state index contributed by atoms with van der Waals surface area (Å²) < 4.78 is 0.234. The molecule has 1 atom stereocenters. The second kappa shape index (κ2) is 9.59. The van der Waals surface area contributed by atoms with Crippen LogP contribution in [0.25, 0.3) is 0 Å². The number of carbonyl (C=O) groups is 3. The summed E-state index contributed by atoms with van der Waals surface area (Å²) in [5.74, 6) is -0.0252. The average molecular weight is 484 g/mol. The first-order chi connectivity index (χ1) is 13.0. The summed E-state index contributed by atoms with van der Waals surface area (Å²) in [6, 6.07) is 3.61. The first-order valence-corrected chi connectivity index (χ1v) is 10.6. The van der Waals surface area contributed by atoms with Crippen LogP contribution in [0.4, 0.5) is 5.69 Å². The van der Waals surface area contributed by atoms with Crippen LogP contribution in [0.3, 0.4) is 0 Å². The Morgan fingerprint density at radius 1 is 1.26 bits per heavy atom. The molecule has 3 heterocycles.